The normalized spacial score (nSPS) is 13.5. The van der Waals surface area contributed by atoms with E-state index in [2.05, 4.69) is 10.3 Å². The molecule has 5 heteroatoms. The highest BCUT2D eigenvalue weighted by molar-refractivity contribution is 5.79. The predicted molar refractivity (Wildman–Crippen MR) is 66.5 cm³/mol. The van der Waals surface area contributed by atoms with Gasteiger partial charge in [0.05, 0.1) is 12.9 Å². The third kappa shape index (κ3) is 1.77. The second kappa shape index (κ2) is 4.25. The number of aromatic nitrogens is 1. The van der Waals surface area contributed by atoms with Crippen LogP contribution in [0.5, 0.6) is 0 Å². The van der Waals surface area contributed by atoms with Gasteiger partial charge in [-0.1, -0.05) is 12.1 Å². The minimum Gasteiger partial charge on any atom is -0.332 e. The zero-order valence-corrected chi connectivity index (χ0v) is 9.48. The van der Waals surface area contributed by atoms with Crippen LogP contribution in [0.3, 0.4) is 0 Å². The summed E-state index contributed by atoms with van der Waals surface area (Å²) in [6, 6.07) is 8.25. The lowest BCUT2D eigenvalue weighted by molar-refractivity contribution is 0.151. The van der Waals surface area contributed by atoms with E-state index in [0.717, 1.165) is 17.1 Å². The summed E-state index contributed by atoms with van der Waals surface area (Å²) < 4.78 is 26.9. The first-order chi connectivity index (χ1) is 8.75. The average Bonchev–Trinajstić information content (AvgIpc) is 2.82. The topological polar surface area (TPSA) is 29.3 Å². The number of nitrogens with one attached hydrogen (secondary N) is 1. The molecule has 0 bridgehead atoms. The molecule has 0 spiro atoms. The summed E-state index contributed by atoms with van der Waals surface area (Å²) in [6.45, 7) is 0.643. The fourth-order valence-corrected chi connectivity index (χ4v) is 2.01. The molecule has 1 aliphatic heterocycles. The van der Waals surface area contributed by atoms with Crippen molar-refractivity contribution < 1.29 is 8.78 Å². The Balaban J connectivity index is 1.98. The summed E-state index contributed by atoms with van der Waals surface area (Å²) in [4.78, 5) is 4.11. The molecule has 3 rings (SSSR count). The van der Waals surface area contributed by atoms with E-state index in [9.17, 15) is 8.78 Å². The number of fused-ring (bicyclic) bond motifs is 1. The van der Waals surface area contributed by atoms with Crippen molar-refractivity contribution in [1.29, 1.82) is 0 Å². The Hall–Kier alpha value is -2.17. The summed E-state index contributed by atoms with van der Waals surface area (Å²) in [5.41, 5.74) is 1.98. The van der Waals surface area contributed by atoms with E-state index in [0.29, 0.717) is 6.54 Å². The molecule has 0 unspecified atom stereocenters. The first kappa shape index (κ1) is 11.0. The predicted octanol–water partition coefficient (Wildman–Crippen LogP) is 3.37. The molecule has 1 N–H and O–H groups in total. The Bertz CT molecular complexity index is 585. The van der Waals surface area contributed by atoms with Gasteiger partial charge >= 0.3 is 0 Å². The van der Waals surface area contributed by atoms with Gasteiger partial charge in [-0.15, -0.1) is 0 Å². The molecule has 3 nitrogen and oxygen atoms in total. The number of nitrogens with zero attached hydrogens (tertiary/aromatic N) is 2. The van der Waals surface area contributed by atoms with Crippen LogP contribution in [0.1, 0.15) is 17.6 Å². The molecule has 92 valence electrons. The lowest BCUT2D eigenvalue weighted by Crippen LogP contribution is -2.08. The number of hydrogen-bond acceptors (Lipinski definition) is 2. The number of aliphatic imine (C=N–C) groups is 1. The van der Waals surface area contributed by atoms with Crippen LogP contribution in [0.2, 0.25) is 0 Å². The lowest BCUT2D eigenvalue weighted by Gasteiger charge is -2.13. The van der Waals surface area contributed by atoms with Crippen LogP contribution in [0, 0.1) is 0 Å². The van der Waals surface area contributed by atoms with E-state index >= 15 is 0 Å². The van der Waals surface area contributed by atoms with Crippen LogP contribution in [0.25, 0.3) is 5.69 Å². The molecule has 0 fully saturated rings. The van der Waals surface area contributed by atoms with Crippen LogP contribution in [0.15, 0.2) is 41.5 Å². The molecular formula is C13H11F2N3. The quantitative estimate of drug-likeness (QED) is 0.866. The highest BCUT2D eigenvalue weighted by Gasteiger charge is 2.12. The van der Waals surface area contributed by atoms with E-state index < -0.39 is 6.43 Å². The zero-order valence-electron chi connectivity index (χ0n) is 9.48. The third-order valence-electron chi connectivity index (χ3n) is 2.95. The van der Waals surface area contributed by atoms with Crippen molar-refractivity contribution in [2.75, 3.05) is 5.32 Å². The van der Waals surface area contributed by atoms with Crippen LogP contribution in [-0.2, 0) is 6.54 Å². The van der Waals surface area contributed by atoms with Crippen molar-refractivity contribution in [2.45, 2.75) is 13.0 Å². The first-order valence-electron chi connectivity index (χ1n) is 5.59. The molecular weight excluding hydrogens is 236 g/mol. The Morgan fingerprint density at radius 2 is 1.94 bits per heavy atom. The molecule has 0 aliphatic carbocycles. The van der Waals surface area contributed by atoms with Crippen LogP contribution in [-0.4, -0.2) is 10.9 Å². The van der Waals surface area contributed by atoms with Crippen molar-refractivity contribution in [3.63, 3.8) is 0 Å². The number of halogens is 2. The maximum Gasteiger partial charge on any atom is 0.263 e. The van der Waals surface area contributed by atoms with Gasteiger partial charge in [-0.2, -0.15) is 0 Å². The number of anilines is 1. The minimum absolute atomic E-state index is 0.0364. The second-order valence-electron chi connectivity index (χ2n) is 4.07. The SMILES string of the molecule is FC(F)c1ccc(-n2ccc3c2NC=NC3)cc1. The summed E-state index contributed by atoms with van der Waals surface area (Å²) in [5, 5.41) is 3.07. The van der Waals surface area contributed by atoms with Gasteiger partial charge in [0.2, 0.25) is 0 Å². The first-order valence-corrected chi connectivity index (χ1v) is 5.59. The van der Waals surface area contributed by atoms with Gasteiger partial charge in [-0.3, -0.25) is 4.99 Å². The van der Waals surface area contributed by atoms with E-state index in [1.54, 1.807) is 18.5 Å². The van der Waals surface area contributed by atoms with Crippen molar-refractivity contribution >= 4 is 12.2 Å². The molecule has 0 saturated heterocycles. The molecule has 0 atom stereocenters. The number of hydrogen-bond donors (Lipinski definition) is 1. The van der Waals surface area contributed by atoms with Gasteiger partial charge in [0.25, 0.3) is 6.43 Å². The van der Waals surface area contributed by atoms with E-state index in [1.165, 1.54) is 12.1 Å². The monoisotopic (exact) mass is 247 g/mol. The van der Waals surface area contributed by atoms with E-state index in [1.807, 2.05) is 16.8 Å². The average molecular weight is 247 g/mol. The van der Waals surface area contributed by atoms with Gasteiger partial charge in [0.1, 0.15) is 5.82 Å². The molecule has 0 amide bonds. The lowest BCUT2D eigenvalue weighted by atomic mass is 10.2. The molecule has 1 aromatic heterocycles. The van der Waals surface area contributed by atoms with Gasteiger partial charge < -0.3 is 9.88 Å². The Labute approximate surface area is 103 Å². The standard InChI is InChI=1S/C13H11F2N3/c14-12(15)9-1-3-11(4-2-9)18-6-5-10-7-16-8-17-13(10)18/h1-6,8,12H,7H2,(H,16,17). The van der Waals surface area contributed by atoms with Crippen LogP contribution >= 0.6 is 0 Å². The highest BCUT2D eigenvalue weighted by Crippen LogP contribution is 2.26. The molecule has 1 aromatic carbocycles. The molecule has 1 aliphatic rings. The van der Waals surface area contributed by atoms with Crippen LogP contribution in [0.4, 0.5) is 14.6 Å². The van der Waals surface area contributed by atoms with Crippen LogP contribution < -0.4 is 5.32 Å². The second-order valence-corrected chi connectivity index (χ2v) is 4.07. The van der Waals surface area contributed by atoms with E-state index in [-0.39, 0.29) is 5.56 Å². The molecule has 2 heterocycles. The fraction of sp³-hybridized carbons (Fsp3) is 0.154. The van der Waals surface area contributed by atoms with Gasteiger partial charge in [-0.25, -0.2) is 8.78 Å². The molecule has 18 heavy (non-hydrogen) atoms. The van der Waals surface area contributed by atoms with Gasteiger partial charge in [-0.05, 0) is 18.2 Å². The smallest absolute Gasteiger partial charge is 0.263 e. The molecule has 0 saturated carbocycles. The Morgan fingerprint density at radius 3 is 2.67 bits per heavy atom. The number of rotatable bonds is 2. The molecule has 2 aromatic rings. The largest absolute Gasteiger partial charge is 0.332 e. The maximum absolute atomic E-state index is 12.5. The van der Waals surface area contributed by atoms with Crippen molar-refractivity contribution in [3.05, 3.63) is 47.7 Å². The summed E-state index contributed by atoms with van der Waals surface area (Å²) in [5.74, 6) is 0.940. The Morgan fingerprint density at radius 1 is 1.17 bits per heavy atom. The van der Waals surface area contributed by atoms with Gasteiger partial charge in [0.15, 0.2) is 0 Å². The summed E-state index contributed by atoms with van der Waals surface area (Å²) in [6.07, 6.45) is 1.12. The number of alkyl halides is 2. The van der Waals surface area contributed by atoms with Crippen molar-refractivity contribution in [1.82, 2.24) is 4.57 Å². The van der Waals surface area contributed by atoms with Crippen molar-refractivity contribution in [2.24, 2.45) is 4.99 Å². The van der Waals surface area contributed by atoms with Crippen molar-refractivity contribution in [3.8, 4) is 5.69 Å². The van der Waals surface area contributed by atoms with Gasteiger partial charge in [0, 0.05) is 23.0 Å². The summed E-state index contributed by atoms with van der Waals surface area (Å²) >= 11 is 0. The summed E-state index contributed by atoms with van der Waals surface area (Å²) in [7, 11) is 0. The maximum atomic E-state index is 12.5. The zero-order chi connectivity index (χ0) is 12.5. The fourth-order valence-electron chi connectivity index (χ4n) is 2.01. The Kier molecular flexibility index (Phi) is 2.59. The third-order valence-corrected chi connectivity index (χ3v) is 2.95. The molecule has 0 radical (unpaired) electrons. The number of benzene rings is 1. The minimum atomic E-state index is -2.43. The highest BCUT2D eigenvalue weighted by atomic mass is 19.3. The van der Waals surface area contributed by atoms with E-state index in [4.69, 9.17) is 0 Å².